The van der Waals surface area contributed by atoms with Crippen LogP contribution in [0.1, 0.15) is 25.3 Å². The zero-order valence-corrected chi connectivity index (χ0v) is 8.39. The third-order valence-corrected chi connectivity index (χ3v) is 1.65. The summed E-state index contributed by atoms with van der Waals surface area (Å²) in [7, 11) is 0. The molecule has 0 atom stereocenters. The van der Waals surface area contributed by atoms with Crippen molar-refractivity contribution in [3.63, 3.8) is 0 Å². The fourth-order valence-electron chi connectivity index (χ4n) is 0.976. The molecule has 0 radical (unpaired) electrons. The van der Waals surface area contributed by atoms with Crippen molar-refractivity contribution in [1.82, 2.24) is 4.98 Å². The maximum atomic E-state index is 5.28. The molecule has 0 saturated heterocycles. The fourth-order valence-corrected chi connectivity index (χ4v) is 0.976. The van der Waals surface area contributed by atoms with Gasteiger partial charge >= 0.3 is 6.08 Å². The first-order chi connectivity index (χ1) is 6.13. The van der Waals surface area contributed by atoms with E-state index in [9.17, 15) is 0 Å². The highest BCUT2D eigenvalue weighted by Gasteiger charge is 2.07. The number of hydrogen-bond acceptors (Lipinski definition) is 3. The molecule has 72 valence electrons. The molecule has 13 heavy (non-hydrogen) atoms. The Labute approximate surface area is 78.4 Å². The van der Waals surface area contributed by atoms with Crippen LogP contribution in [-0.4, -0.2) is 11.6 Å². The molecule has 0 spiro atoms. The molecule has 0 bridgehead atoms. The van der Waals surface area contributed by atoms with E-state index in [1.54, 1.807) is 0 Å². The number of aromatic nitrogens is 1. The average Bonchev–Trinajstić information content (AvgIpc) is 2.43. The van der Waals surface area contributed by atoms with Crippen LogP contribution in [0.3, 0.4) is 0 Å². The van der Waals surface area contributed by atoms with E-state index in [2.05, 4.69) is 11.6 Å². The Morgan fingerprint density at radius 1 is 1.62 bits per heavy atom. The Kier molecular flexibility index (Phi) is 3.12. The maximum absolute atomic E-state index is 5.28. The average molecular weight is 181 g/mol. The lowest BCUT2D eigenvalue weighted by molar-refractivity contribution is 0.248. The predicted molar refractivity (Wildman–Crippen MR) is 50.9 cm³/mol. The molecule has 3 nitrogen and oxygen atoms in total. The van der Waals surface area contributed by atoms with Crippen LogP contribution in [0.2, 0.25) is 0 Å². The van der Waals surface area contributed by atoms with E-state index in [-0.39, 0.29) is 0 Å². The van der Waals surface area contributed by atoms with Gasteiger partial charge in [0.1, 0.15) is 12.4 Å². The normalized spacial score (nSPS) is 10.1. The van der Waals surface area contributed by atoms with Crippen LogP contribution in [0.25, 0.3) is 0 Å². The summed E-state index contributed by atoms with van der Waals surface area (Å²) >= 11 is 0. The second kappa shape index (κ2) is 4.12. The van der Waals surface area contributed by atoms with Gasteiger partial charge in [-0.2, -0.15) is 4.98 Å². The van der Waals surface area contributed by atoms with Crippen LogP contribution < -0.4 is 4.74 Å². The van der Waals surface area contributed by atoms with E-state index in [1.807, 2.05) is 20.8 Å². The van der Waals surface area contributed by atoms with E-state index < -0.39 is 0 Å². The molecule has 3 heteroatoms. The molecule has 1 aromatic heterocycles. The van der Waals surface area contributed by atoms with Gasteiger partial charge in [0, 0.05) is 0 Å². The quantitative estimate of drug-likeness (QED) is 0.669. The third-order valence-electron chi connectivity index (χ3n) is 1.65. The van der Waals surface area contributed by atoms with Crippen LogP contribution in [0.4, 0.5) is 0 Å². The first-order valence-corrected chi connectivity index (χ1v) is 4.37. The van der Waals surface area contributed by atoms with Gasteiger partial charge in [-0.15, -0.1) is 0 Å². The summed E-state index contributed by atoms with van der Waals surface area (Å²) in [6.45, 7) is 10.0. The zero-order valence-electron chi connectivity index (χ0n) is 8.39. The van der Waals surface area contributed by atoms with E-state index in [0.717, 1.165) is 23.4 Å². The number of nitrogens with zero attached hydrogens (tertiary/aromatic N) is 1. The summed E-state index contributed by atoms with van der Waals surface area (Å²) in [6.07, 6.45) is 1.21. The highest BCUT2D eigenvalue weighted by Crippen LogP contribution is 2.16. The Morgan fingerprint density at radius 2 is 2.31 bits per heavy atom. The molecule has 0 N–H and O–H groups in total. The van der Waals surface area contributed by atoms with Crippen molar-refractivity contribution in [2.75, 3.05) is 6.61 Å². The van der Waals surface area contributed by atoms with Gasteiger partial charge in [-0.05, 0) is 25.8 Å². The minimum atomic E-state index is 0.345. The molecule has 0 saturated carbocycles. The van der Waals surface area contributed by atoms with Crippen LogP contribution in [-0.2, 0) is 6.42 Å². The summed E-state index contributed by atoms with van der Waals surface area (Å²) in [5, 5.41) is 0. The van der Waals surface area contributed by atoms with Gasteiger partial charge in [0.15, 0.2) is 0 Å². The topological polar surface area (TPSA) is 35.3 Å². The first-order valence-electron chi connectivity index (χ1n) is 4.37. The Balaban J connectivity index is 2.62. The Morgan fingerprint density at radius 3 is 2.77 bits per heavy atom. The van der Waals surface area contributed by atoms with Crippen molar-refractivity contribution in [3.05, 3.63) is 23.6 Å². The SMILES string of the molecule is C=C(C)COc1nc(CC)c(C)o1. The van der Waals surface area contributed by atoms with Crippen molar-refractivity contribution >= 4 is 0 Å². The van der Waals surface area contributed by atoms with Crippen molar-refractivity contribution in [2.24, 2.45) is 0 Å². The Bertz CT molecular complexity index is 302. The number of oxazole rings is 1. The van der Waals surface area contributed by atoms with Crippen molar-refractivity contribution < 1.29 is 9.15 Å². The van der Waals surface area contributed by atoms with Gasteiger partial charge in [-0.3, -0.25) is 0 Å². The molecule has 0 fully saturated rings. The summed E-state index contributed by atoms with van der Waals surface area (Å²) in [6, 6.07) is 0. The summed E-state index contributed by atoms with van der Waals surface area (Å²) in [5.41, 5.74) is 1.91. The smallest absolute Gasteiger partial charge is 0.394 e. The Hall–Kier alpha value is -1.25. The largest absolute Gasteiger partial charge is 0.446 e. The minimum Gasteiger partial charge on any atom is -0.446 e. The molecule has 1 rings (SSSR count). The summed E-state index contributed by atoms with van der Waals surface area (Å²) in [5.74, 6) is 0.833. The lowest BCUT2D eigenvalue weighted by Crippen LogP contribution is -1.97. The van der Waals surface area contributed by atoms with Gasteiger partial charge in [0.2, 0.25) is 0 Å². The van der Waals surface area contributed by atoms with Gasteiger partial charge in [-0.1, -0.05) is 13.5 Å². The van der Waals surface area contributed by atoms with Crippen LogP contribution in [0.15, 0.2) is 16.6 Å². The van der Waals surface area contributed by atoms with Crippen LogP contribution in [0, 0.1) is 6.92 Å². The molecule has 0 amide bonds. The highest BCUT2D eigenvalue weighted by atomic mass is 16.6. The highest BCUT2D eigenvalue weighted by molar-refractivity contribution is 5.10. The molecule has 0 aliphatic carbocycles. The fraction of sp³-hybridized carbons (Fsp3) is 0.500. The first kappa shape index (κ1) is 9.84. The lowest BCUT2D eigenvalue weighted by atomic mass is 10.3. The van der Waals surface area contributed by atoms with E-state index in [4.69, 9.17) is 9.15 Å². The van der Waals surface area contributed by atoms with Gasteiger partial charge in [-0.25, -0.2) is 0 Å². The monoisotopic (exact) mass is 181 g/mol. The predicted octanol–water partition coefficient (Wildman–Crippen LogP) is 2.50. The van der Waals surface area contributed by atoms with Crippen LogP contribution in [0.5, 0.6) is 6.08 Å². The standard InChI is InChI=1S/C10H15NO2/c1-5-9-8(4)13-10(11-9)12-6-7(2)3/h2,5-6H2,1,3-4H3. The molecular formula is C10H15NO2. The van der Waals surface area contributed by atoms with Gasteiger partial charge in [0.25, 0.3) is 0 Å². The van der Waals surface area contributed by atoms with Crippen molar-refractivity contribution in [2.45, 2.75) is 27.2 Å². The molecule has 0 unspecified atom stereocenters. The number of rotatable bonds is 4. The molecule has 0 aliphatic rings. The summed E-state index contributed by atoms with van der Waals surface area (Å²) < 4.78 is 10.5. The second-order valence-electron chi connectivity index (χ2n) is 3.08. The number of hydrogen-bond donors (Lipinski definition) is 0. The number of ether oxygens (including phenoxy) is 1. The van der Waals surface area contributed by atoms with E-state index in [0.29, 0.717) is 12.7 Å². The molecular weight excluding hydrogens is 166 g/mol. The number of aryl methyl sites for hydroxylation is 2. The molecule has 1 aromatic rings. The van der Waals surface area contributed by atoms with E-state index in [1.165, 1.54) is 0 Å². The minimum absolute atomic E-state index is 0.345. The molecule has 0 aliphatic heterocycles. The van der Waals surface area contributed by atoms with Gasteiger partial charge in [0.05, 0.1) is 5.69 Å². The summed E-state index contributed by atoms with van der Waals surface area (Å²) in [4.78, 5) is 4.17. The second-order valence-corrected chi connectivity index (χ2v) is 3.08. The molecule has 0 aromatic carbocycles. The van der Waals surface area contributed by atoms with Crippen molar-refractivity contribution in [3.8, 4) is 6.08 Å². The van der Waals surface area contributed by atoms with E-state index >= 15 is 0 Å². The lowest BCUT2D eigenvalue weighted by Gasteiger charge is -1.98. The molecule has 1 heterocycles. The van der Waals surface area contributed by atoms with Gasteiger partial charge < -0.3 is 9.15 Å². The third kappa shape index (κ3) is 2.61. The zero-order chi connectivity index (χ0) is 9.84. The van der Waals surface area contributed by atoms with Crippen molar-refractivity contribution in [1.29, 1.82) is 0 Å². The maximum Gasteiger partial charge on any atom is 0.394 e. The van der Waals surface area contributed by atoms with Crippen LogP contribution >= 0.6 is 0 Å².